The van der Waals surface area contributed by atoms with Crippen LogP contribution in [-0.4, -0.2) is 53.6 Å². The van der Waals surface area contributed by atoms with E-state index in [-0.39, 0.29) is 6.23 Å². The van der Waals surface area contributed by atoms with Gasteiger partial charge < -0.3 is 23.7 Å². The molecule has 2 N–H and O–H groups in total. The zero-order chi connectivity index (χ0) is 29.1. The summed E-state index contributed by atoms with van der Waals surface area (Å²) in [5.74, 6) is 0. The third-order valence-electron chi connectivity index (χ3n) is 7.11. The van der Waals surface area contributed by atoms with E-state index >= 15 is 0 Å². The number of ether oxygens (including phenoxy) is 5. The monoisotopic (exact) mass is 553 g/mol. The lowest BCUT2D eigenvalue weighted by atomic mass is 9.93. The summed E-state index contributed by atoms with van der Waals surface area (Å²) >= 11 is 0. The van der Waals surface area contributed by atoms with Crippen LogP contribution in [0.4, 0.5) is 21.0 Å². The molecule has 2 aromatic carbocycles. The summed E-state index contributed by atoms with van der Waals surface area (Å²) in [6.45, 7) is 15.3. The van der Waals surface area contributed by atoms with E-state index in [2.05, 4.69) is 15.5 Å². The van der Waals surface area contributed by atoms with Crippen LogP contribution in [0.25, 0.3) is 0 Å². The molecule has 0 saturated carbocycles. The van der Waals surface area contributed by atoms with Gasteiger partial charge in [0.05, 0.1) is 6.61 Å². The van der Waals surface area contributed by atoms with Gasteiger partial charge in [-0.25, -0.2) is 14.5 Å². The molecule has 3 aliphatic rings. The van der Waals surface area contributed by atoms with Gasteiger partial charge in [-0.15, -0.1) is 0 Å². The average Bonchev–Trinajstić information content (AvgIpc) is 3.45. The molecule has 0 spiro atoms. The van der Waals surface area contributed by atoms with Crippen molar-refractivity contribution in [3.63, 3.8) is 0 Å². The highest BCUT2D eigenvalue weighted by Gasteiger charge is 2.68. The second-order valence-electron chi connectivity index (χ2n) is 12.8. The molecule has 0 aromatic heterocycles. The van der Waals surface area contributed by atoms with Gasteiger partial charge in [0, 0.05) is 11.4 Å². The fourth-order valence-electron chi connectivity index (χ4n) is 5.47. The molecule has 3 heterocycles. The van der Waals surface area contributed by atoms with Gasteiger partial charge in [0.25, 0.3) is 0 Å². The highest BCUT2D eigenvalue weighted by Crippen LogP contribution is 2.56. The number of rotatable bonds is 4. The van der Waals surface area contributed by atoms with Crippen LogP contribution in [0, 0.1) is 0 Å². The first kappa shape index (κ1) is 28.4. The van der Waals surface area contributed by atoms with Crippen molar-refractivity contribution in [1.82, 2.24) is 4.90 Å². The molecule has 5 rings (SSSR count). The van der Waals surface area contributed by atoms with Crippen LogP contribution in [0.15, 0.2) is 48.5 Å². The Labute approximate surface area is 235 Å². The van der Waals surface area contributed by atoms with Crippen LogP contribution in [0.3, 0.4) is 0 Å². The third kappa shape index (κ3) is 5.41. The van der Waals surface area contributed by atoms with Crippen molar-refractivity contribution in [2.24, 2.45) is 0 Å². The van der Waals surface area contributed by atoms with Crippen molar-refractivity contribution in [2.45, 2.75) is 96.5 Å². The maximum Gasteiger partial charge on any atom is 0.412 e. The van der Waals surface area contributed by atoms with Crippen LogP contribution in [0.5, 0.6) is 0 Å². The number of amides is 2. The van der Waals surface area contributed by atoms with Gasteiger partial charge in [0.2, 0.25) is 0 Å². The minimum Gasteiger partial charge on any atom is -0.444 e. The highest BCUT2D eigenvalue weighted by molar-refractivity contribution is 5.85. The van der Waals surface area contributed by atoms with E-state index in [0.29, 0.717) is 18.0 Å². The molecule has 2 aromatic rings. The molecule has 216 valence electrons. The maximum atomic E-state index is 12.4. The lowest BCUT2D eigenvalue weighted by molar-refractivity contribution is -0.138. The molecule has 3 fully saturated rings. The second kappa shape index (κ2) is 9.73. The van der Waals surface area contributed by atoms with Gasteiger partial charge in [-0.1, -0.05) is 24.3 Å². The van der Waals surface area contributed by atoms with Crippen LogP contribution >= 0.6 is 0 Å². The van der Waals surface area contributed by atoms with Crippen LogP contribution < -0.4 is 10.6 Å². The van der Waals surface area contributed by atoms with Gasteiger partial charge in [0.1, 0.15) is 41.1 Å². The molecule has 0 radical (unpaired) electrons. The van der Waals surface area contributed by atoms with E-state index < -0.39 is 47.0 Å². The topological polar surface area (TPSA) is 108 Å². The summed E-state index contributed by atoms with van der Waals surface area (Å²) in [5.41, 5.74) is -0.0117. The van der Waals surface area contributed by atoms with Gasteiger partial charge in [0.15, 0.2) is 0 Å². The molecule has 2 amide bonds. The van der Waals surface area contributed by atoms with Crippen LogP contribution in [-0.2, 0) is 34.9 Å². The molecule has 5 atom stereocenters. The summed E-state index contributed by atoms with van der Waals surface area (Å²) in [5, 5.41) is 5.62. The summed E-state index contributed by atoms with van der Waals surface area (Å²) in [6.07, 6.45) is -2.22. The lowest BCUT2D eigenvalue weighted by Gasteiger charge is -2.33. The SMILES string of the molecule is CC(C)(C)OC(=O)Nc1cccc([C@]2(C)O[C@H]3CO[C@@H]4N3[C@H]2O[C@@]4(C)c2cccc(NC(=O)OC(C)(C)C)c2)c1. The first-order valence-corrected chi connectivity index (χ1v) is 13.5. The van der Waals surface area contributed by atoms with E-state index in [4.69, 9.17) is 23.7 Å². The third-order valence-corrected chi connectivity index (χ3v) is 7.11. The van der Waals surface area contributed by atoms with Crippen molar-refractivity contribution >= 4 is 23.6 Å². The number of hydrogen-bond acceptors (Lipinski definition) is 8. The Morgan fingerprint density at radius 1 is 0.800 bits per heavy atom. The Hall–Kier alpha value is -3.18. The van der Waals surface area contributed by atoms with Gasteiger partial charge >= 0.3 is 12.2 Å². The molecule has 10 nitrogen and oxygen atoms in total. The molecule has 3 saturated heterocycles. The molecule has 0 bridgehead atoms. The molecular weight excluding hydrogens is 514 g/mol. The first-order chi connectivity index (χ1) is 18.6. The summed E-state index contributed by atoms with van der Waals surface area (Å²) in [7, 11) is 0. The van der Waals surface area contributed by atoms with Gasteiger partial charge in [-0.05, 0) is 90.8 Å². The normalized spacial score (nSPS) is 29.6. The fraction of sp³-hybridized carbons (Fsp3) is 0.533. The number of nitrogens with zero attached hydrogens (tertiary/aromatic N) is 1. The van der Waals surface area contributed by atoms with Crippen molar-refractivity contribution < 1.29 is 33.3 Å². The Morgan fingerprint density at radius 2 is 1.27 bits per heavy atom. The molecular formula is C30H39N3O7. The molecule has 3 aliphatic heterocycles. The van der Waals surface area contributed by atoms with E-state index in [1.54, 1.807) is 0 Å². The van der Waals surface area contributed by atoms with Crippen LogP contribution in [0.1, 0.15) is 66.5 Å². The predicted molar refractivity (Wildman–Crippen MR) is 149 cm³/mol. The molecule has 0 unspecified atom stereocenters. The second-order valence-corrected chi connectivity index (χ2v) is 12.8. The molecule has 40 heavy (non-hydrogen) atoms. The molecule has 10 heteroatoms. The summed E-state index contributed by atoms with van der Waals surface area (Å²) < 4.78 is 30.4. The maximum absolute atomic E-state index is 12.4. The number of carbonyl (C=O) groups is 2. The number of carbonyl (C=O) groups excluding carboxylic acids is 2. The van der Waals surface area contributed by atoms with Gasteiger partial charge in [-0.3, -0.25) is 10.6 Å². The van der Waals surface area contributed by atoms with Crippen molar-refractivity contribution in [3.05, 3.63) is 59.7 Å². The number of anilines is 2. The Bertz CT molecular complexity index is 1230. The smallest absolute Gasteiger partial charge is 0.412 e. The quantitative estimate of drug-likeness (QED) is 0.483. The van der Waals surface area contributed by atoms with E-state index in [9.17, 15) is 9.59 Å². The zero-order valence-electron chi connectivity index (χ0n) is 24.4. The van der Waals surface area contributed by atoms with Crippen LogP contribution in [0.2, 0.25) is 0 Å². The van der Waals surface area contributed by atoms with E-state index in [0.717, 1.165) is 11.1 Å². The van der Waals surface area contributed by atoms with Crippen molar-refractivity contribution in [3.8, 4) is 0 Å². The van der Waals surface area contributed by atoms with E-state index in [1.807, 2.05) is 104 Å². The average molecular weight is 554 g/mol. The fourth-order valence-corrected chi connectivity index (χ4v) is 5.47. The summed E-state index contributed by atoms with van der Waals surface area (Å²) in [6, 6.07) is 15.0. The minimum absolute atomic E-state index is 0.299. The van der Waals surface area contributed by atoms with Crippen molar-refractivity contribution in [2.75, 3.05) is 17.2 Å². The lowest BCUT2D eigenvalue weighted by Crippen LogP contribution is -2.40. The number of nitrogens with one attached hydrogen (secondary N) is 2. The predicted octanol–water partition coefficient (Wildman–Crippen LogP) is 5.88. The molecule has 0 aliphatic carbocycles. The highest BCUT2D eigenvalue weighted by atomic mass is 16.7. The Kier molecular flexibility index (Phi) is 6.89. The summed E-state index contributed by atoms with van der Waals surface area (Å²) in [4.78, 5) is 26.9. The minimum atomic E-state index is -0.845. The first-order valence-electron chi connectivity index (χ1n) is 13.5. The number of benzene rings is 2. The van der Waals surface area contributed by atoms with Gasteiger partial charge in [-0.2, -0.15) is 0 Å². The Morgan fingerprint density at radius 3 is 1.75 bits per heavy atom. The Balaban J connectivity index is 1.39. The van der Waals surface area contributed by atoms with E-state index in [1.165, 1.54) is 0 Å². The number of hydrogen-bond donors (Lipinski definition) is 2. The zero-order valence-corrected chi connectivity index (χ0v) is 24.4. The standard InChI is InChI=1S/C30H39N3O7/c1-27(2,3)39-25(34)31-20-13-9-11-18(15-20)29(7)23-33-22(17-36-23)37-30(8,24(33)38-29)19-12-10-14-21(16-19)32-26(35)40-28(4,5)6/h9-16,22-24H,17H2,1-8H3,(H,31,34)(H,32,35)/t22-,23-,24-,29-,30-/m0/s1. The van der Waals surface area contributed by atoms with Crippen molar-refractivity contribution in [1.29, 1.82) is 0 Å². The largest absolute Gasteiger partial charge is 0.444 e.